The van der Waals surface area contributed by atoms with Gasteiger partial charge >= 0.3 is 16.2 Å². The Balaban J connectivity index is 2.27. The van der Waals surface area contributed by atoms with Crippen molar-refractivity contribution < 1.29 is 27.0 Å². The number of carboxylic acid groups (broad SMARTS) is 1. The average Bonchev–Trinajstić information content (AvgIpc) is 2.67. The van der Waals surface area contributed by atoms with Crippen LogP contribution in [0.4, 0.5) is 9.57 Å². The Hall–Kier alpha value is -2.03. The van der Waals surface area contributed by atoms with Crippen molar-refractivity contribution in [3.05, 3.63) is 24.0 Å². The predicted octanol–water partition coefficient (Wildman–Crippen LogP) is 0.432. The number of nitrogens with zero attached hydrogens (tertiary/aromatic N) is 2. The van der Waals surface area contributed by atoms with Crippen molar-refractivity contribution >= 4 is 27.8 Å². The van der Waals surface area contributed by atoms with Crippen molar-refractivity contribution in [2.75, 3.05) is 17.2 Å². The predicted molar refractivity (Wildman–Crippen MR) is 66.6 cm³/mol. The molecule has 1 atom stereocenters. The second-order valence-corrected chi connectivity index (χ2v) is 5.89. The molecule has 2 rings (SSSR count). The summed E-state index contributed by atoms with van der Waals surface area (Å²) >= 11 is 0. The van der Waals surface area contributed by atoms with Crippen molar-refractivity contribution in [1.82, 2.24) is 4.98 Å². The Morgan fingerprint density at radius 1 is 1.55 bits per heavy atom. The van der Waals surface area contributed by atoms with E-state index >= 15 is 0 Å². The van der Waals surface area contributed by atoms with Gasteiger partial charge < -0.3 is 10.0 Å². The first-order valence-electron chi connectivity index (χ1n) is 5.68. The molecule has 1 aliphatic rings. The number of anilines is 1. The van der Waals surface area contributed by atoms with Crippen molar-refractivity contribution in [3.63, 3.8) is 0 Å². The first-order chi connectivity index (χ1) is 9.28. The highest BCUT2D eigenvalue weighted by atomic mass is 32.3. The van der Waals surface area contributed by atoms with Gasteiger partial charge in [-0.2, -0.15) is 8.42 Å². The SMILES string of the molecule is O=C(O)c1cnccc1N1CC(CS(=O)(=O)F)CC1=O. The molecular weight excluding hydrogens is 291 g/mol. The first kappa shape index (κ1) is 14.4. The largest absolute Gasteiger partial charge is 0.478 e. The highest BCUT2D eigenvalue weighted by molar-refractivity contribution is 7.86. The van der Waals surface area contributed by atoms with E-state index in [0.29, 0.717) is 0 Å². The van der Waals surface area contributed by atoms with E-state index in [9.17, 15) is 21.9 Å². The molecule has 1 aliphatic heterocycles. The molecule has 1 unspecified atom stereocenters. The summed E-state index contributed by atoms with van der Waals surface area (Å²) in [6.45, 7) is -0.0354. The number of halogens is 1. The number of carboxylic acids is 1. The van der Waals surface area contributed by atoms with Crippen molar-refractivity contribution in [1.29, 1.82) is 0 Å². The molecule has 20 heavy (non-hydrogen) atoms. The molecule has 0 spiro atoms. The number of pyridine rings is 1. The molecule has 0 bridgehead atoms. The quantitative estimate of drug-likeness (QED) is 0.809. The van der Waals surface area contributed by atoms with Gasteiger partial charge in [-0.05, 0) is 6.07 Å². The molecule has 1 amide bonds. The second-order valence-electron chi connectivity index (χ2n) is 4.48. The summed E-state index contributed by atoms with van der Waals surface area (Å²) < 4.78 is 33.9. The molecule has 1 saturated heterocycles. The fraction of sp³-hybridized carbons (Fsp3) is 0.364. The third kappa shape index (κ3) is 3.10. The summed E-state index contributed by atoms with van der Waals surface area (Å²) in [5, 5.41) is 9.03. The van der Waals surface area contributed by atoms with Crippen LogP contribution in [0, 0.1) is 5.92 Å². The van der Waals surface area contributed by atoms with Crippen LogP contribution >= 0.6 is 0 Å². The van der Waals surface area contributed by atoms with Gasteiger partial charge in [0.2, 0.25) is 5.91 Å². The summed E-state index contributed by atoms with van der Waals surface area (Å²) in [6.07, 6.45) is 2.29. The lowest BCUT2D eigenvalue weighted by Crippen LogP contribution is -2.27. The summed E-state index contributed by atoms with van der Waals surface area (Å²) in [4.78, 5) is 27.7. The highest BCUT2D eigenvalue weighted by Gasteiger charge is 2.35. The first-order valence-corrected chi connectivity index (χ1v) is 7.23. The molecule has 7 nitrogen and oxygen atoms in total. The van der Waals surface area contributed by atoms with Gasteiger partial charge in [-0.1, -0.05) is 0 Å². The van der Waals surface area contributed by atoms with Gasteiger partial charge in [0.25, 0.3) is 0 Å². The standard InChI is InChI=1S/C11H11FN2O5S/c12-20(18,19)6-7-3-10(15)14(5-7)9-1-2-13-4-8(9)11(16)17/h1-2,4,7H,3,5-6H2,(H,16,17). The molecule has 0 aromatic carbocycles. The van der Waals surface area contributed by atoms with Gasteiger partial charge in [-0.3, -0.25) is 9.78 Å². The van der Waals surface area contributed by atoms with Crippen LogP contribution in [0.3, 0.4) is 0 Å². The van der Waals surface area contributed by atoms with E-state index in [1.54, 1.807) is 0 Å². The molecule has 1 aromatic rings. The van der Waals surface area contributed by atoms with Gasteiger partial charge in [0.15, 0.2) is 0 Å². The van der Waals surface area contributed by atoms with Crippen LogP contribution < -0.4 is 4.90 Å². The van der Waals surface area contributed by atoms with Gasteiger partial charge in [-0.25, -0.2) is 4.79 Å². The summed E-state index contributed by atoms with van der Waals surface area (Å²) in [6, 6.07) is 1.35. The van der Waals surface area contributed by atoms with E-state index in [4.69, 9.17) is 5.11 Å². The Bertz CT molecular complexity index is 661. The maximum atomic E-state index is 12.6. The molecule has 2 heterocycles. The van der Waals surface area contributed by atoms with Crippen molar-refractivity contribution in [2.45, 2.75) is 6.42 Å². The van der Waals surface area contributed by atoms with E-state index in [2.05, 4.69) is 4.98 Å². The number of carbonyl (C=O) groups excluding carboxylic acids is 1. The van der Waals surface area contributed by atoms with Crippen LogP contribution in [0.5, 0.6) is 0 Å². The number of hydrogen-bond donors (Lipinski definition) is 1. The minimum Gasteiger partial charge on any atom is -0.478 e. The average molecular weight is 302 g/mol. The lowest BCUT2D eigenvalue weighted by atomic mass is 10.1. The molecule has 9 heteroatoms. The minimum atomic E-state index is -4.67. The molecule has 108 valence electrons. The Morgan fingerprint density at radius 3 is 2.85 bits per heavy atom. The van der Waals surface area contributed by atoms with Crippen LogP contribution in [0.2, 0.25) is 0 Å². The zero-order chi connectivity index (χ0) is 14.9. The highest BCUT2D eigenvalue weighted by Crippen LogP contribution is 2.28. The number of amides is 1. The van der Waals surface area contributed by atoms with E-state index in [-0.39, 0.29) is 24.2 Å². The number of aromatic carboxylic acids is 1. The van der Waals surface area contributed by atoms with E-state index in [1.165, 1.54) is 12.3 Å². The second kappa shape index (κ2) is 5.16. The lowest BCUT2D eigenvalue weighted by Gasteiger charge is -2.18. The smallest absolute Gasteiger partial charge is 0.339 e. The van der Waals surface area contributed by atoms with Crippen LogP contribution in [0.15, 0.2) is 18.5 Å². The number of aromatic nitrogens is 1. The fourth-order valence-electron chi connectivity index (χ4n) is 2.19. The van der Waals surface area contributed by atoms with Gasteiger partial charge in [0.1, 0.15) is 5.56 Å². The number of hydrogen-bond acceptors (Lipinski definition) is 5. The topological polar surface area (TPSA) is 105 Å². The van der Waals surface area contributed by atoms with Gasteiger partial charge in [0, 0.05) is 31.3 Å². The minimum absolute atomic E-state index is 0.0354. The Labute approximate surface area is 114 Å². The third-order valence-electron chi connectivity index (χ3n) is 2.96. The van der Waals surface area contributed by atoms with Crippen LogP contribution in [0.1, 0.15) is 16.8 Å². The summed E-state index contributed by atoms with van der Waals surface area (Å²) in [5.74, 6) is -3.12. The van der Waals surface area contributed by atoms with Crippen LogP contribution in [-0.4, -0.2) is 42.7 Å². The normalized spacial score (nSPS) is 19.4. The molecule has 1 N–H and O–H groups in total. The third-order valence-corrected chi connectivity index (χ3v) is 3.83. The zero-order valence-electron chi connectivity index (χ0n) is 10.2. The summed E-state index contributed by atoms with van der Waals surface area (Å²) in [5.41, 5.74) is -0.0270. The molecule has 1 aromatic heterocycles. The Morgan fingerprint density at radius 2 is 2.25 bits per heavy atom. The van der Waals surface area contributed by atoms with E-state index < -0.39 is 33.8 Å². The lowest BCUT2D eigenvalue weighted by molar-refractivity contribution is -0.117. The monoisotopic (exact) mass is 302 g/mol. The maximum Gasteiger partial charge on any atom is 0.339 e. The van der Waals surface area contributed by atoms with E-state index in [1.807, 2.05) is 0 Å². The Kier molecular flexibility index (Phi) is 3.71. The van der Waals surface area contributed by atoms with E-state index in [0.717, 1.165) is 11.1 Å². The molecule has 0 aliphatic carbocycles. The van der Waals surface area contributed by atoms with Crippen LogP contribution in [0.25, 0.3) is 0 Å². The van der Waals surface area contributed by atoms with Crippen LogP contribution in [-0.2, 0) is 15.0 Å². The molecule has 1 fully saturated rings. The molecule has 0 radical (unpaired) electrons. The number of rotatable bonds is 4. The van der Waals surface area contributed by atoms with Crippen molar-refractivity contribution in [2.24, 2.45) is 5.92 Å². The number of carbonyl (C=O) groups is 2. The summed E-state index contributed by atoms with van der Waals surface area (Å²) in [7, 11) is -4.67. The fourth-order valence-corrected chi connectivity index (χ4v) is 2.98. The zero-order valence-corrected chi connectivity index (χ0v) is 11.0. The van der Waals surface area contributed by atoms with Crippen molar-refractivity contribution in [3.8, 4) is 0 Å². The van der Waals surface area contributed by atoms with Gasteiger partial charge in [-0.15, -0.1) is 3.89 Å². The molecule has 0 saturated carbocycles. The molecular formula is C11H11FN2O5S. The van der Waals surface area contributed by atoms with Gasteiger partial charge in [0.05, 0.1) is 11.4 Å². The maximum absolute atomic E-state index is 12.6.